The summed E-state index contributed by atoms with van der Waals surface area (Å²) in [7, 11) is 1.60. The molecule has 4 atom stereocenters. The minimum Gasteiger partial charge on any atom is -0.490 e. The number of alkyl halides is 3. The van der Waals surface area contributed by atoms with Crippen LogP contribution >= 0.6 is 0 Å². The van der Waals surface area contributed by atoms with E-state index in [9.17, 15) is 37.1 Å². The number of anilines is 2. The smallest absolute Gasteiger partial charge is 0.389 e. The zero-order chi connectivity index (χ0) is 34.7. The first-order valence-corrected chi connectivity index (χ1v) is 15.6. The number of halogens is 4. The molecule has 0 radical (unpaired) electrons. The molecular formula is C33H44F4N4O6. The minimum absolute atomic E-state index is 0.0725. The summed E-state index contributed by atoms with van der Waals surface area (Å²) in [5, 5.41) is 15.2. The van der Waals surface area contributed by atoms with Crippen molar-refractivity contribution in [1.29, 1.82) is 0 Å². The number of aliphatic hydroxyl groups is 1. The van der Waals surface area contributed by atoms with Crippen LogP contribution in [0.4, 0.5) is 33.7 Å². The van der Waals surface area contributed by atoms with Gasteiger partial charge in [-0.15, -0.1) is 0 Å². The highest BCUT2D eigenvalue weighted by molar-refractivity contribution is 5.99. The maximum atomic E-state index is 14.1. The van der Waals surface area contributed by atoms with Crippen LogP contribution in [0.25, 0.3) is 0 Å². The fourth-order valence-corrected chi connectivity index (χ4v) is 5.05. The zero-order valence-corrected chi connectivity index (χ0v) is 27.1. The third-order valence-electron chi connectivity index (χ3n) is 7.87. The summed E-state index contributed by atoms with van der Waals surface area (Å²) < 4.78 is 63.6. The Kier molecular flexibility index (Phi) is 13.8. The number of fused-ring (bicyclic) bond motifs is 1. The molecular weight excluding hydrogens is 624 g/mol. The third kappa shape index (κ3) is 12.0. The lowest BCUT2D eigenvalue weighted by atomic mass is 10.0. The predicted molar refractivity (Wildman–Crippen MR) is 169 cm³/mol. The largest absolute Gasteiger partial charge is 0.490 e. The van der Waals surface area contributed by atoms with E-state index in [0.29, 0.717) is 25.1 Å². The summed E-state index contributed by atoms with van der Waals surface area (Å²) in [4.78, 5) is 42.2. The molecule has 3 N–H and O–H groups in total. The molecule has 0 saturated carbocycles. The van der Waals surface area contributed by atoms with E-state index in [0.717, 1.165) is 6.42 Å². The van der Waals surface area contributed by atoms with E-state index in [1.807, 2.05) is 13.8 Å². The molecule has 4 amide bonds. The van der Waals surface area contributed by atoms with Crippen LogP contribution in [0, 0.1) is 11.7 Å². The Bertz CT molecular complexity index is 1340. The number of urea groups is 1. The van der Waals surface area contributed by atoms with Gasteiger partial charge in [0.05, 0.1) is 36.8 Å². The number of carbonyl (C=O) groups is 3. The number of hydrogen-bond donors (Lipinski definition) is 3. The Hall–Kier alpha value is -3.91. The summed E-state index contributed by atoms with van der Waals surface area (Å²) in [5.41, 5.74) is 0.618. The Balaban J connectivity index is 1.87. The van der Waals surface area contributed by atoms with Crippen LogP contribution in [0.1, 0.15) is 63.2 Å². The first kappa shape index (κ1) is 37.5. The second-order valence-electron chi connectivity index (χ2n) is 12.0. The molecule has 0 bridgehead atoms. The lowest BCUT2D eigenvalue weighted by Gasteiger charge is -2.35. The van der Waals surface area contributed by atoms with Crippen LogP contribution in [0.5, 0.6) is 5.75 Å². The number of aliphatic hydroxyl groups excluding tert-OH is 1. The van der Waals surface area contributed by atoms with E-state index in [4.69, 9.17) is 9.47 Å². The van der Waals surface area contributed by atoms with Crippen molar-refractivity contribution >= 4 is 29.2 Å². The molecule has 1 aliphatic rings. The SMILES string of the molecule is C[C@@H]1CCCCO[C@H](CN(C)C(=O)Nc2ccc(F)cc2)[C@@H](C)CN([C@@H](C)CO)C(=O)c2cc(NC(=O)CCC(F)(F)F)ccc2O1. The highest BCUT2D eigenvalue weighted by atomic mass is 19.4. The van der Waals surface area contributed by atoms with E-state index in [1.165, 1.54) is 52.3 Å². The van der Waals surface area contributed by atoms with Crippen molar-refractivity contribution in [2.45, 2.75) is 77.3 Å². The number of amides is 4. The molecule has 260 valence electrons. The Morgan fingerprint density at radius 2 is 1.77 bits per heavy atom. The van der Waals surface area contributed by atoms with Gasteiger partial charge in [-0.1, -0.05) is 6.92 Å². The molecule has 10 nitrogen and oxygen atoms in total. The van der Waals surface area contributed by atoms with Crippen molar-refractivity contribution in [3.8, 4) is 5.75 Å². The summed E-state index contributed by atoms with van der Waals surface area (Å²) >= 11 is 0. The van der Waals surface area contributed by atoms with E-state index in [-0.39, 0.29) is 48.7 Å². The fraction of sp³-hybridized carbons (Fsp3) is 0.545. The number of likely N-dealkylation sites (N-methyl/N-ethyl adjacent to an activating group) is 1. The van der Waals surface area contributed by atoms with Gasteiger partial charge in [0.15, 0.2) is 0 Å². The van der Waals surface area contributed by atoms with E-state index in [2.05, 4.69) is 10.6 Å². The van der Waals surface area contributed by atoms with Gasteiger partial charge >= 0.3 is 12.2 Å². The first-order valence-electron chi connectivity index (χ1n) is 15.6. The molecule has 0 saturated heterocycles. The zero-order valence-electron chi connectivity index (χ0n) is 27.1. The topological polar surface area (TPSA) is 120 Å². The molecule has 0 unspecified atom stereocenters. The van der Waals surface area contributed by atoms with Crippen LogP contribution < -0.4 is 15.4 Å². The quantitative estimate of drug-likeness (QED) is 0.294. The molecule has 2 aromatic rings. The molecule has 0 fully saturated rings. The van der Waals surface area contributed by atoms with Crippen molar-refractivity contribution in [3.63, 3.8) is 0 Å². The lowest BCUT2D eigenvalue weighted by molar-refractivity contribution is -0.142. The number of benzene rings is 2. The molecule has 1 aliphatic heterocycles. The molecule has 3 rings (SSSR count). The van der Waals surface area contributed by atoms with Crippen molar-refractivity contribution in [2.75, 3.05) is 44.0 Å². The molecule has 0 spiro atoms. The highest BCUT2D eigenvalue weighted by Gasteiger charge is 2.31. The standard InChI is InChI=1S/C33H44F4N4O6/c1-21-18-41(22(2)20-42)31(44)27-17-26(38-30(43)14-15-33(35,36)37)12-13-28(27)47-23(3)7-5-6-16-46-29(21)19-40(4)32(45)39-25-10-8-24(34)9-11-25/h8-13,17,21-23,29,42H,5-7,14-16,18-20H2,1-4H3,(H,38,43)(H,39,45)/t21-,22-,23+,29+/m0/s1. The van der Waals surface area contributed by atoms with Crippen molar-refractivity contribution < 1.29 is 46.5 Å². The predicted octanol–water partition coefficient (Wildman–Crippen LogP) is 6.07. The number of nitrogens with one attached hydrogen (secondary N) is 2. The van der Waals surface area contributed by atoms with Gasteiger partial charge < -0.3 is 35.0 Å². The number of ether oxygens (including phenoxy) is 2. The highest BCUT2D eigenvalue weighted by Crippen LogP contribution is 2.29. The Labute approximate surface area is 272 Å². The summed E-state index contributed by atoms with van der Waals surface area (Å²) in [5.74, 6) is -1.91. The van der Waals surface area contributed by atoms with Gasteiger partial charge in [0, 0.05) is 50.5 Å². The first-order chi connectivity index (χ1) is 22.2. The third-order valence-corrected chi connectivity index (χ3v) is 7.87. The van der Waals surface area contributed by atoms with Crippen molar-refractivity contribution in [1.82, 2.24) is 9.80 Å². The van der Waals surface area contributed by atoms with E-state index in [1.54, 1.807) is 14.0 Å². The maximum absolute atomic E-state index is 14.1. The Morgan fingerprint density at radius 1 is 1.09 bits per heavy atom. The molecule has 14 heteroatoms. The number of hydrogen-bond acceptors (Lipinski definition) is 6. The van der Waals surface area contributed by atoms with E-state index < -0.39 is 54.8 Å². The van der Waals surface area contributed by atoms with E-state index >= 15 is 0 Å². The lowest BCUT2D eigenvalue weighted by Crippen LogP contribution is -2.48. The van der Waals surface area contributed by atoms with Gasteiger partial charge in [0.2, 0.25) is 5.91 Å². The van der Waals surface area contributed by atoms with Crippen molar-refractivity contribution in [3.05, 3.63) is 53.8 Å². The Morgan fingerprint density at radius 3 is 2.43 bits per heavy atom. The van der Waals surface area contributed by atoms with Crippen LogP contribution in [0.2, 0.25) is 0 Å². The second-order valence-corrected chi connectivity index (χ2v) is 12.0. The van der Waals surface area contributed by atoms with Gasteiger partial charge in [0.1, 0.15) is 11.6 Å². The van der Waals surface area contributed by atoms with Gasteiger partial charge in [-0.05, 0) is 75.6 Å². The minimum atomic E-state index is -4.49. The average molecular weight is 669 g/mol. The van der Waals surface area contributed by atoms with Gasteiger partial charge in [-0.3, -0.25) is 9.59 Å². The molecule has 2 aromatic carbocycles. The second kappa shape index (κ2) is 17.3. The molecule has 0 aliphatic carbocycles. The number of nitrogens with zero attached hydrogens (tertiary/aromatic N) is 2. The molecule has 1 heterocycles. The number of carbonyl (C=O) groups excluding carboxylic acids is 3. The van der Waals surface area contributed by atoms with Crippen LogP contribution in [0.3, 0.4) is 0 Å². The van der Waals surface area contributed by atoms with Crippen molar-refractivity contribution in [2.24, 2.45) is 5.92 Å². The number of rotatable bonds is 8. The van der Waals surface area contributed by atoms with Gasteiger partial charge in [0.25, 0.3) is 5.91 Å². The van der Waals surface area contributed by atoms with Gasteiger partial charge in [-0.2, -0.15) is 13.2 Å². The monoisotopic (exact) mass is 668 g/mol. The summed E-state index contributed by atoms with van der Waals surface area (Å²) in [6.07, 6.45) is -5.30. The van der Waals surface area contributed by atoms with Crippen LogP contribution in [0.15, 0.2) is 42.5 Å². The average Bonchev–Trinajstić information content (AvgIpc) is 3.02. The molecule has 47 heavy (non-hydrogen) atoms. The molecule has 0 aromatic heterocycles. The fourth-order valence-electron chi connectivity index (χ4n) is 5.05. The maximum Gasteiger partial charge on any atom is 0.389 e. The van der Waals surface area contributed by atoms with Crippen LogP contribution in [-0.4, -0.2) is 90.5 Å². The summed E-state index contributed by atoms with van der Waals surface area (Å²) in [6, 6.07) is 8.61. The summed E-state index contributed by atoms with van der Waals surface area (Å²) in [6.45, 7) is 5.67. The van der Waals surface area contributed by atoms with Gasteiger partial charge in [-0.25, -0.2) is 9.18 Å². The van der Waals surface area contributed by atoms with Crippen LogP contribution in [-0.2, 0) is 9.53 Å². The normalized spacial score (nSPS) is 20.3.